The molecular weight excluding hydrogens is 267 g/mol. The molecule has 8 heteroatoms. The Morgan fingerprint density at radius 3 is 2.61 bits per heavy atom. The van der Waals surface area contributed by atoms with Crippen LogP contribution in [0.5, 0.6) is 0 Å². The first-order valence-electron chi connectivity index (χ1n) is 4.93. The van der Waals surface area contributed by atoms with Gasteiger partial charge in [-0.2, -0.15) is 13.2 Å². The van der Waals surface area contributed by atoms with E-state index < -0.39 is 11.4 Å². The van der Waals surface area contributed by atoms with Crippen LogP contribution in [-0.4, -0.2) is 23.7 Å². The highest BCUT2D eigenvalue weighted by Gasteiger charge is 2.27. The number of benzene rings is 1. The number of carbonyl (C=O) groups is 1. The molecule has 0 aromatic heterocycles. The van der Waals surface area contributed by atoms with Crippen LogP contribution in [0.1, 0.15) is 10.4 Å². The maximum atomic E-state index is 11.9. The lowest BCUT2D eigenvalue weighted by molar-refractivity contribution is -0.0327. The second-order valence-electron chi connectivity index (χ2n) is 3.39. The van der Waals surface area contributed by atoms with Crippen LogP contribution < -0.4 is 16.8 Å². The summed E-state index contributed by atoms with van der Waals surface area (Å²) in [6.45, 7) is 0.0639. The van der Waals surface area contributed by atoms with Crippen molar-refractivity contribution in [3.63, 3.8) is 0 Å². The first kappa shape index (κ1) is 14.5. The number of nitrogen functional groups attached to an aromatic ring is 1. The van der Waals surface area contributed by atoms with E-state index in [0.717, 1.165) is 0 Å². The van der Waals surface area contributed by atoms with E-state index in [1.165, 1.54) is 18.2 Å². The molecule has 0 bridgehead atoms. The third-order valence-corrected chi connectivity index (χ3v) is 2.73. The van der Waals surface area contributed by atoms with Crippen LogP contribution in [0.2, 0.25) is 0 Å². The van der Waals surface area contributed by atoms with Crippen molar-refractivity contribution in [3.05, 3.63) is 23.8 Å². The lowest BCUT2D eigenvalue weighted by Crippen LogP contribution is -2.16. The Morgan fingerprint density at radius 2 is 2.06 bits per heavy atom. The molecule has 4 nitrogen and oxygen atoms in total. The summed E-state index contributed by atoms with van der Waals surface area (Å²) >= 11 is -0.133. The minimum atomic E-state index is -4.25. The molecule has 0 spiro atoms. The fourth-order valence-electron chi connectivity index (χ4n) is 1.27. The molecule has 0 aliphatic carbocycles. The zero-order valence-corrected chi connectivity index (χ0v) is 10.1. The maximum absolute atomic E-state index is 11.9. The second kappa shape index (κ2) is 5.85. The van der Waals surface area contributed by atoms with Gasteiger partial charge in [0.05, 0.1) is 5.56 Å². The summed E-state index contributed by atoms with van der Waals surface area (Å²) in [5.74, 6) is -0.847. The van der Waals surface area contributed by atoms with Gasteiger partial charge in [-0.25, -0.2) is 0 Å². The number of thioether (sulfide) groups is 1. The minimum absolute atomic E-state index is 0.0639. The molecule has 1 rings (SSSR count). The number of nitrogens with two attached hydrogens (primary N) is 2. The minimum Gasteiger partial charge on any atom is -0.399 e. The van der Waals surface area contributed by atoms with E-state index in [1.54, 1.807) is 0 Å². The maximum Gasteiger partial charge on any atom is 0.441 e. The van der Waals surface area contributed by atoms with Crippen LogP contribution in [0.25, 0.3) is 0 Å². The number of carbonyl (C=O) groups excluding carboxylic acids is 1. The summed E-state index contributed by atoms with van der Waals surface area (Å²) in [5.41, 5.74) is 7.27. The van der Waals surface area contributed by atoms with Crippen molar-refractivity contribution in [1.82, 2.24) is 0 Å². The summed E-state index contributed by atoms with van der Waals surface area (Å²) in [4.78, 5) is 11.1. The van der Waals surface area contributed by atoms with Crippen molar-refractivity contribution < 1.29 is 18.0 Å². The molecule has 1 amide bonds. The van der Waals surface area contributed by atoms with Gasteiger partial charge in [-0.1, -0.05) is 0 Å². The molecule has 0 unspecified atom stereocenters. The predicted molar refractivity (Wildman–Crippen MR) is 66.4 cm³/mol. The Kier molecular flexibility index (Phi) is 4.71. The van der Waals surface area contributed by atoms with E-state index in [0.29, 0.717) is 11.4 Å². The first-order valence-corrected chi connectivity index (χ1v) is 5.92. The van der Waals surface area contributed by atoms with E-state index >= 15 is 0 Å². The number of halogens is 3. The van der Waals surface area contributed by atoms with E-state index in [2.05, 4.69) is 5.32 Å². The molecule has 0 heterocycles. The second-order valence-corrected chi connectivity index (χ2v) is 4.55. The molecule has 1 aromatic carbocycles. The molecule has 0 aliphatic rings. The SMILES string of the molecule is NC(=O)c1cc(N)ccc1NCCSC(F)(F)F. The molecular formula is C10H12F3N3OS. The van der Waals surface area contributed by atoms with Gasteiger partial charge in [-0.3, -0.25) is 4.79 Å². The smallest absolute Gasteiger partial charge is 0.399 e. The third kappa shape index (κ3) is 4.74. The normalized spacial score (nSPS) is 11.3. The molecule has 0 fully saturated rings. The topological polar surface area (TPSA) is 81.1 Å². The lowest BCUT2D eigenvalue weighted by Gasteiger charge is -2.11. The van der Waals surface area contributed by atoms with Crippen molar-refractivity contribution in [1.29, 1.82) is 0 Å². The zero-order valence-electron chi connectivity index (χ0n) is 9.25. The van der Waals surface area contributed by atoms with Gasteiger partial charge in [0.2, 0.25) is 0 Å². The monoisotopic (exact) mass is 279 g/mol. The number of anilines is 2. The number of amides is 1. The number of nitrogens with one attached hydrogen (secondary N) is 1. The molecule has 100 valence electrons. The Balaban J connectivity index is 2.59. The molecule has 0 saturated heterocycles. The molecule has 0 radical (unpaired) electrons. The molecule has 5 N–H and O–H groups in total. The van der Waals surface area contributed by atoms with Crippen molar-refractivity contribution in [2.45, 2.75) is 5.51 Å². The van der Waals surface area contributed by atoms with Crippen LogP contribution in [0, 0.1) is 0 Å². The number of hydrogen-bond acceptors (Lipinski definition) is 4. The molecule has 1 aromatic rings. The highest BCUT2D eigenvalue weighted by Crippen LogP contribution is 2.29. The van der Waals surface area contributed by atoms with Crippen LogP contribution in [0.3, 0.4) is 0 Å². The fourth-order valence-corrected chi connectivity index (χ4v) is 1.71. The predicted octanol–water partition coefficient (Wildman–Crippen LogP) is 2.03. The molecule has 0 saturated carbocycles. The lowest BCUT2D eigenvalue weighted by atomic mass is 10.1. The van der Waals surface area contributed by atoms with Crippen LogP contribution in [0.15, 0.2) is 18.2 Å². The van der Waals surface area contributed by atoms with Gasteiger partial charge in [0.25, 0.3) is 5.91 Å². The van der Waals surface area contributed by atoms with E-state index in [4.69, 9.17) is 11.5 Å². The van der Waals surface area contributed by atoms with E-state index in [-0.39, 0.29) is 29.6 Å². The van der Waals surface area contributed by atoms with Gasteiger partial charge in [0.1, 0.15) is 0 Å². The van der Waals surface area contributed by atoms with Gasteiger partial charge in [-0.05, 0) is 30.0 Å². The van der Waals surface area contributed by atoms with Gasteiger partial charge in [0.15, 0.2) is 0 Å². The Bertz CT molecular complexity index is 437. The standard InChI is InChI=1S/C10H12F3N3OS/c11-10(12,13)18-4-3-16-8-2-1-6(14)5-7(8)9(15)17/h1-2,5,16H,3-4,14H2,(H2,15,17). The average Bonchev–Trinajstić information content (AvgIpc) is 2.24. The van der Waals surface area contributed by atoms with Crippen LogP contribution in [-0.2, 0) is 0 Å². The largest absolute Gasteiger partial charge is 0.441 e. The van der Waals surface area contributed by atoms with Crippen molar-refractivity contribution in [3.8, 4) is 0 Å². The molecule has 0 aliphatic heterocycles. The first-order chi connectivity index (χ1) is 8.29. The van der Waals surface area contributed by atoms with Crippen molar-refractivity contribution >= 4 is 29.0 Å². The zero-order chi connectivity index (χ0) is 13.8. The van der Waals surface area contributed by atoms with Gasteiger partial charge >= 0.3 is 5.51 Å². The van der Waals surface area contributed by atoms with Crippen molar-refractivity contribution in [2.75, 3.05) is 23.3 Å². The summed E-state index contributed by atoms with van der Waals surface area (Å²) in [6, 6.07) is 4.42. The van der Waals surface area contributed by atoms with E-state index in [9.17, 15) is 18.0 Å². The number of rotatable bonds is 5. The fraction of sp³-hybridized carbons (Fsp3) is 0.300. The molecule has 18 heavy (non-hydrogen) atoms. The Labute approximate surface area is 106 Å². The summed E-state index contributed by atoms with van der Waals surface area (Å²) < 4.78 is 35.7. The third-order valence-electron chi connectivity index (χ3n) is 1.99. The van der Waals surface area contributed by atoms with Gasteiger partial charge < -0.3 is 16.8 Å². The Hall–Kier alpha value is -1.57. The quantitative estimate of drug-likeness (QED) is 0.569. The number of primary amides is 1. The summed E-state index contributed by atoms with van der Waals surface area (Å²) in [6.07, 6.45) is 0. The van der Waals surface area contributed by atoms with E-state index in [1.807, 2.05) is 0 Å². The molecule has 0 atom stereocenters. The highest BCUT2D eigenvalue weighted by molar-refractivity contribution is 8.00. The van der Waals surface area contributed by atoms with Crippen molar-refractivity contribution in [2.24, 2.45) is 5.73 Å². The number of hydrogen-bond donors (Lipinski definition) is 3. The average molecular weight is 279 g/mol. The summed E-state index contributed by atoms with van der Waals surface area (Å²) in [5, 5.41) is 2.72. The summed E-state index contributed by atoms with van der Waals surface area (Å²) in [7, 11) is 0. The van der Waals surface area contributed by atoms with Crippen LogP contribution >= 0.6 is 11.8 Å². The van der Waals surface area contributed by atoms with Gasteiger partial charge in [-0.15, -0.1) is 0 Å². The Morgan fingerprint density at radius 1 is 1.39 bits per heavy atom. The highest BCUT2D eigenvalue weighted by atomic mass is 32.2. The van der Waals surface area contributed by atoms with Crippen LogP contribution in [0.4, 0.5) is 24.5 Å². The van der Waals surface area contributed by atoms with Gasteiger partial charge in [0, 0.05) is 23.7 Å². The number of alkyl halides is 3.